The fraction of sp³-hybridized carbons (Fsp3) is 0.929. The lowest BCUT2D eigenvalue weighted by atomic mass is 9.43. The van der Waals surface area contributed by atoms with Gasteiger partial charge in [0, 0.05) is 13.0 Å². The molecule has 7 heteroatoms. The summed E-state index contributed by atoms with van der Waals surface area (Å²) >= 11 is 0. The van der Waals surface area contributed by atoms with Gasteiger partial charge in [0.1, 0.15) is 6.10 Å². The van der Waals surface area contributed by atoms with E-state index in [4.69, 9.17) is 9.47 Å². The van der Waals surface area contributed by atoms with Crippen LogP contribution in [0.2, 0.25) is 0 Å². The molecule has 4 rings (SSSR count). The summed E-state index contributed by atoms with van der Waals surface area (Å²) in [5.74, 6) is 2.24. The number of nitrogens with one attached hydrogen (secondary N) is 1. The summed E-state index contributed by atoms with van der Waals surface area (Å²) in [7, 11) is 1.53. The fourth-order valence-electron chi connectivity index (χ4n) is 9.07. The van der Waals surface area contributed by atoms with E-state index in [2.05, 4.69) is 33.0 Å². The van der Waals surface area contributed by atoms with E-state index in [1.165, 1.54) is 14.0 Å². The number of aliphatic hydroxyl groups excluding tert-OH is 1. The highest BCUT2D eigenvalue weighted by Crippen LogP contribution is 2.67. The Morgan fingerprint density at radius 1 is 1.09 bits per heavy atom. The van der Waals surface area contributed by atoms with Gasteiger partial charge in [-0.3, -0.25) is 9.59 Å². The van der Waals surface area contributed by atoms with E-state index in [0.29, 0.717) is 42.1 Å². The first kappa shape index (κ1) is 28.7. The van der Waals surface area contributed by atoms with Crippen LogP contribution in [-0.2, 0) is 19.1 Å². The molecule has 0 radical (unpaired) electrons. The van der Waals surface area contributed by atoms with Gasteiger partial charge in [-0.05, 0) is 98.3 Å². The largest absolute Gasteiger partial charge is 0.469 e. The zero-order valence-electron chi connectivity index (χ0n) is 22.5. The first-order valence-corrected chi connectivity index (χ1v) is 13.7. The number of esters is 2. The van der Waals surface area contributed by atoms with Gasteiger partial charge in [-0.1, -0.05) is 27.7 Å². The van der Waals surface area contributed by atoms with Crippen molar-refractivity contribution in [1.29, 1.82) is 0 Å². The molecule has 4 saturated carbocycles. The van der Waals surface area contributed by atoms with E-state index in [1.807, 2.05) is 0 Å². The van der Waals surface area contributed by atoms with Crippen LogP contribution in [0.5, 0.6) is 0 Å². The van der Waals surface area contributed by atoms with Crippen molar-refractivity contribution in [1.82, 2.24) is 5.32 Å². The molecule has 0 aromatic carbocycles. The minimum absolute atomic E-state index is 0. The van der Waals surface area contributed by atoms with Gasteiger partial charge >= 0.3 is 11.9 Å². The zero-order valence-corrected chi connectivity index (χ0v) is 23.4. The molecule has 10 atom stereocenters. The molecule has 202 valence electrons. The maximum absolute atomic E-state index is 12.8. The van der Waals surface area contributed by atoms with E-state index in [9.17, 15) is 14.7 Å². The van der Waals surface area contributed by atoms with Crippen LogP contribution in [0.4, 0.5) is 0 Å². The lowest BCUT2D eigenvalue weighted by molar-refractivity contribution is -0.188. The van der Waals surface area contributed by atoms with Crippen molar-refractivity contribution in [3.63, 3.8) is 0 Å². The average Bonchev–Trinajstić information content (AvgIpc) is 3.09. The van der Waals surface area contributed by atoms with Crippen LogP contribution in [0.25, 0.3) is 0 Å². The molecule has 0 aliphatic heterocycles. The minimum Gasteiger partial charge on any atom is -0.469 e. The predicted molar refractivity (Wildman–Crippen MR) is 138 cm³/mol. The molecule has 4 fully saturated rings. The standard InChI is InChI=1S/C28H47NO5.ClH/c1-16(2)11-12-29-22-14-28(5)20(9-10-21(28)26(32)33-6)19-8-7-18-13-24(34-17(3)30)23(31)15-27(18,4)25(19)22;/h16,18-25,29,31H,7-15H2,1-6H3;1H/t18-,19-,20-,21+,22+,23-,24-,25+,27-,28-;/m0./s1. The van der Waals surface area contributed by atoms with Crippen molar-refractivity contribution >= 4 is 24.3 Å². The first-order chi connectivity index (χ1) is 16.0. The smallest absolute Gasteiger partial charge is 0.309 e. The van der Waals surface area contributed by atoms with Crippen LogP contribution in [0.3, 0.4) is 0 Å². The second-order valence-corrected chi connectivity index (χ2v) is 12.8. The molecule has 0 heterocycles. The molecule has 6 nitrogen and oxygen atoms in total. The van der Waals surface area contributed by atoms with Crippen LogP contribution in [0.1, 0.15) is 86.0 Å². The van der Waals surface area contributed by atoms with Crippen LogP contribution >= 0.6 is 12.4 Å². The van der Waals surface area contributed by atoms with Gasteiger partial charge in [0.2, 0.25) is 0 Å². The maximum Gasteiger partial charge on any atom is 0.309 e. The van der Waals surface area contributed by atoms with Crippen molar-refractivity contribution < 1.29 is 24.2 Å². The Hall–Kier alpha value is -0.850. The second-order valence-electron chi connectivity index (χ2n) is 12.8. The van der Waals surface area contributed by atoms with Gasteiger partial charge in [0.05, 0.1) is 19.1 Å². The Morgan fingerprint density at radius 2 is 1.80 bits per heavy atom. The van der Waals surface area contributed by atoms with Crippen molar-refractivity contribution in [2.24, 2.45) is 46.3 Å². The number of carbonyl (C=O) groups is 2. The summed E-state index contributed by atoms with van der Waals surface area (Å²) in [6.45, 7) is 11.7. The second kappa shape index (κ2) is 10.9. The van der Waals surface area contributed by atoms with Crippen molar-refractivity contribution in [2.45, 2.75) is 104 Å². The van der Waals surface area contributed by atoms with Crippen LogP contribution in [0, 0.1) is 46.3 Å². The highest BCUT2D eigenvalue weighted by atomic mass is 35.5. The topological polar surface area (TPSA) is 84.9 Å². The summed E-state index contributed by atoms with van der Waals surface area (Å²) in [5, 5.41) is 15.0. The number of aliphatic hydroxyl groups is 1. The van der Waals surface area contributed by atoms with Crippen molar-refractivity contribution in [2.75, 3.05) is 13.7 Å². The maximum atomic E-state index is 12.8. The molecule has 0 unspecified atom stereocenters. The Bertz CT molecular complexity index is 776. The number of rotatable bonds is 6. The Labute approximate surface area is 218 Å². The van der Waals surface area contributed by atoms with Crippen molar-refractivity contribution in [3.8, 4) is 0 Å². The molecule has 0 amide bonds. The summed E-state index contributed by atoms with van der Waals surface area (Å²) in [6, 6.07) is 0.320. The molecule has 0 aromatic rings. The van der Waals surface area contributed by atoms with Crippen LogP contribution in [-0.4, -0.2) is 48.9 Å². The highest BCUT2D eigenvalue weighted by molar-refractivity contribution is 5.85. The van der Waals surface area contributed by atoms with E-state index >= 15 is 0 Å². The number of fused-ring (bicyclic) bond motifs is 5. The molecular formula is C28H48ClNO5. The molecule has 2 N–H and O–H groups in total. The molecule has 35 heavy (non-hydrogen) atoms. The zero-order chi connectivity index (χ0) is 24.8. The minimum atomic E-state index is -0.611. The number of hydrogen-bond acceptors (Lipinski definition) is 6. The summed E-state index contributed by atoms with van der Waals surface area (Å²) in [4.78, 5) is 24.4. The number of ether oxygens (including phenoxy) is 2. The van der Waals surface area contributed by atoms with Gasteiger partial charge in [0.15, 0.2) is 0 Å². The Morgan fingerprint density at radius 3 is 2.43 bits per heavy atom. The number of methoxy groups -OCH3 is 1. The number of carbonyl (C=O) groups excluding carboxylic acids is 2. The van der Waals surface area contributed by atoms with Gasteiger partial charge in [0.25, 0.3) is 0 Å². The summed E-state index contributed by atoms with van der Waals surface area (Å²) in [5.41, 5.74) is -0.0420. The first-order valence-electron chi connectivity index (χ1n) is 13.7. The van der Waals surface area contributed by atoms with Gasteiger partial charge in [-0.2, -0.15) is 0 Å². The van der Waals surface area contributed by atoms with E-state index < -0.39 is 6.10 Å². The van der Waals surface area contributed by atoms with Gasteiger partial charge in [-0.25, -0.2) is 0 Å². The number of hydrogen-bond donors (Lipinski definition) is 2. The predicted octanol–water partition coefficient (Wildman–Crippen LogP) is 4.76. The Kier molecular flexibility index (Phi) is 8.92. The molecule has 0 aromatic heterocycles. The third kappa shape index (κ3) is 5.13. The molecular weight excluding hydrogens is 466 g/mol. The van der Waals surface area contributed by atoms with E-state index in [1.54, 1.807) is 0 Å². The number of halogens is 1. The SMILES string of the molecule is COC(=O)[C@H]1CC[C@H]2[C@@H]3CC[C@H]4C[C@H](OC(C)=O)[C@@H](O)C[C@]4(C)[C@H]3[C@H](NCCC(C)C)C[C@]12C.Cl. The lowest BCUT2D eigenvalue weighted by Crippen LogP contribution is -2.64. The van der Waals surface area contributed by atoms with Gasteiger partial charge in [-0.15, -0.1) is 12.4 Å². The van der Waals surface area contributed by atoms with E-state index in [0.717, 1.165) is 51.5 Å². The fourth-order valence-corrected chi connectivity index (χ4v) is 9.07. The van der Waals surface area contributed by atoms with Crippen LogP contribution in [0.15, 0.2) is 0 Å². The normalized spacial score (nSPS) is 44.5. The van der Waals surface area contributed by atoms with E-state index in [-0.39, 0.29) is 47.2 Å². The average molecular weight is 514 g/mol. The van der Waals surface area contributed by atoms with Crippen LogP contribution < -0.4 is 5.32 Å². The third-order valence-corrected chi connectivity index (χ3v) is 10.5. The van der Waals surface area contributed by atoms with Crippen molar-refractivity contribution in [3.05, 3.63) is 0 Å². The Balaban J connectivity index is 0.00000342. The third-order valence-electron chi connectivity index (χ3n) is 10.5. The molecule has 4 aliphatic carbocycles. The molecule has 4 aliphatic rings. The summed E-state index contributed by atoms with van der Waals surface area (Å²) in [6.07, 6.45) is 6.84. The molecule has 0 saturated heterocycles. The molecule has 0 bridgehead atoms. The molecule has 0 spiro atoms. The monoisotopic (exact) mass is 513 g/mol. The quantitative estimate of drug-likeness (QED) is 0.498. The van der Waals surface area contributed by atoms with Gasteiger partial charge < -0.3 is 19.9 Å². The lowest BCUT2D eigenvalue weighted by Gasteiger charge is -2.64. The highest BCUT2D eigenvalue weighted by Gasteiger charge is 2.65. The summed E-state index contributed by atoms with van der Waals surface area (Å²) < 4.78 is 10.8.